The van der Waals surface area contributed by atoms with Crippen LogP contribution in [0.1, 0.15) is 12.8 Å². The molecule has 0 atom stereocenters. The first kappa shape index (κ1) is 23.0. The van der Waals surface area contributed by atoms with Crippen LogP contribution in [-0.4, -0.2) is 17.8 Å². The van der Waals surface area contributed by atoms with Crippen LogP contribution in [0.2, 0.25) is 10.0 Å². The Bertz CT molecular complexity index is 1190. The number of fused-ring (bicyclic) bond motifs is 2. The van der Waals surface area contributed by atoms with Crippen molar-refractivity contribution in [3.63, 3.8) is 0 Å². The molecule has 0 saturated heterocycles. The molecule has 0 unspecified atom stereocenters. The highest BCUT2D eigenvalue weighted by Crippen LogP contribution is 2.47. The second-order valence-electron chi connectivity index (χ2n) is 7.02. The maximum Gasteiger partial charge on any atom is 0.345 e. The van der Waals surface area contributed by atoms with E-state index in [4.69, 9.17) is 23.2 Å². The smallest absolute Gasteiger partial charge is 0.325 e. The summed E-state index contributed by atoms with van der Waals surface area (Å²) < 4.78 is 0. The molecule has 0 bridgehead atoms. The fourth-order valence-electron chi connectivity index (χ4n) is 3.20. The zero-order valence-electron chi connectivity index (χ0n) is 17.1. The summed E-state index contributed by atoms with van der Waals surface area (Å²) in [5.41, 5.74) is 6.64. The van der Waals surface area contributed by atoms with E-state index in [2.05, 4.69) is 16.2 Å². The summed E-state index contributed by atoms with van der Waals surface area (Å²) >= 11 is 13.4. The minimum atomic E-state index is -0.513. The molecule has 33 heavy (non-hydrogen) atoms. The molecule has 0 spiro atoms. The zero-order valence-corrected chi connectivity index (χ0v) is 19.4. The standard InChI is InChI=1S/C23H18Cl2N4O3S/c24-14-9-10-16(15(25)13-14)26-21(30)11-12-22(31)27-28-23(32)29-17-5-1-3-7-19(17)33-20-8-4-2-6-18(20)29/h1-10,13H,11-12H2,(H,26,30)(H,27,31)(H,28,32). The van der Waals surface area contributed by atoms with E-state index in [1.54, 1.807) is 23.9 Å². The van der Waals surface area contributed by atoms with Crippen molar-refractivity contribution >= 4 is 69.9 Å². The number of halogens is 2. The lowest BCUT2D eigenvalue weighted by molar-refractivity contribution is -0.124. The Balaban J connectivity index is 1.34. The van der Waals surface area contributed by atoms with Gasteiger partial charge >= 0.3 is 6.03 Å². The van der Waals surface area contributed by atoms with Crippen molar-refractivity contribution < 1.29 is 14.4 Å². The van der Waals surface area contributed by atoms with Gasteiger partial charge in [0.25, 0.3) is 0 Å². The number of rotatable bonds is 4. The zero-order chi connectivity index (χ0) is 23.4. The lowest BCUT2D eigenvalue weighted by Gasteiger charge is -2.30. The van der Waals surface area contributed by atoms with Gasteiger partial charge in [-0.2, -0.15) is 0 Å². The molecule has 3 aromatic carbocycles. The number of anilines is 3. The maximum absolute atomic E-state index is 13.0. The molecule has 168 valence electrons. The van der Waals surface area contributed by atoms with Gasteiger partial charge in [-0.25, -0.2) is 10.2 Å². The van der Waals surface area contributed by atoms with Crippen molar-refractivity contribution in [2.45, 2.75) is 22.6 Å². The van der Waals surface area contributed by atoms with E-state index in [9.17, 15) is 14.4 Å². The predicted molar refractivity (Wildman–Crippen MR) is 130 cm³/mol. The van der Waals surface area contributed by atoms with Gasteiger partial charge in [0, 0.05) is 27.7 Å². The van der Waals surface area contributed by atoms with Gasteiger partial charge in [0.05, 0.1) is 22.1 Å². The van der Waals surface area contributed by atoms with E-state index in [-0.39, 0.29) is 12.8 Å². The lowest BCUT2D eigenvalue weighted by atomic mass is 10.2. The predicted octanol–water partition coefficient (Wildman–Crippen LogP) is 5.76. The van der Waals surface area contributed by atoms with Gasteiger partial charge in [0.15, 0.2) is 0 Å². The number of hydrogen-bond donors (Lipinski definition) is 3. The first-order valence-corrected chi connectivity index (χ1v) is 11.5. The molecule has 0 aliphatic carbocycles. The largest absolute Gasteiger partial charge is 0.345 e. The van der Waals surface area contributed by atoms with Gasteiger partial charge in [-0.1, -0.05) is 59.2 Å². The van der Waals surface area contributed by atoms with Gasteiger partial charge in [-0.15, -0.1) is 0 Å². The lowest BCUT2D eigenvalue weighted by Crippen LogP contribution is -2.48. The summed E-state index contributed by atoms with van der Waals surface area (Å²) in [6, 6.07) is 19.2. The Kier molecular flexibility index (Phi) is 7.08. The number of carbonyl (C=O) groups is 3. The molecule has 0 saturated carbocycles. The Hall–Kier alpha value is -3.20. The summed E-state index contributed by atoms with van der Waals surface area (Å²) in [5, 5.41) is 3.37. The molecule has 10 heteroatoms. The van der Waals surface area contributed by atoms with Crippen molar-refractivity contribution in [2.24, 2.45) is 0 Å². The molecule has 1 aliphatic rings. The minimum Gasteiger partial charge on any atom is -0.325 e. The number of amides is 4. The van der Waals surface area contributed by atoms with Crippen molar-refractivity contribution in [1.82, 2.24) is 10.9 Å². The topological polar surface area (TPSA) is 90.5 Å². The third kappa shape index (κ3) is 5.42. The number of hydrogen-bond acceptors (Lipinski definition) is 4. The molecule has 3 N–H and O–H groups in total. The molecule has 4 rings (SSSR count). The van der Waals surface area contributed by atoms with Crippen LogP contribution in [0.5, 0.6) is 0 Å². The highest BCUT2D eigenvalue weighted by atomic mass is 35.5. The first-order valence-electron chi connectivity index (χ1n) is 9.92. The van der Waals surface area contributed by atoms with E-state index < -0.39 is 17.8 Å². The molecule has 4 amide bonds. The van der Waals surface area contributed by atoms with Gasteiger partial charge in [-0.3, -0.25) is 19.9 Å². The molecule has 0 aromatic heterocycles. The number of nitrogens with zero attached hydrogens (tertiary/aromatic N) is 1. The number of para-hydroxylation sites is 2. The van der Waals surface area contributed by atoms with Crippen molar-refractivity contribution in [3.05, 3.63) is 76.8 Å². The van der Waals surface area contributed by atoms with Crippen LogP contribution in [0.25, 0.3) is 0 Å². The molecule has 0 radical (unpaired) electrons. The monoisotopic (exact) mass is 500 g/mol. The van der Waals surface area contributed by atoms with E-state index in [0.717, 1.165) is 9.79 Å². The summed E-state index contributed by atoms with van der Waals surface area (Å²) in [7, 11) is 0. The Morgan fingerprint density at radius 2 is 1.39 bits per heavy atom. The van der Waals surface area contributed by atoms with Gasteiger partial charge < -0.3 is 5.32 Å². The van der Waals surface area contributed by atoms with E-state index in [1.807, 2.05) is 48.5 Å². The molecular weight excluding hydrogens is 483 g/mol. The fourth-order valence-corrected chi connectivity index (χ4v) is 4.71. The normalized spacial score (nSPS) is 11.8. The van der Waals surface area contributed by atoms with Gasteiger partial charge in [0.2, 0.25) is 11.8 Å². The molecule has 1 heterocycles. The molecule has 3 aromatic rings. The SMILES string of the molecule is O=C(CCC(=O)Nc1ccc(Cl)cc1Cl)NNC(=O)N1c2ccccc2Sc2ccccc21. The fraction of sp³-hybridized carbons (Fsp3) is 0.0870. The van der Waals surface area contributed by atoms with E-state index >= 15 is 0 Å². The second kappa shape index (κ2) is 10.2. The van der Waals surface area contributed by atoms with Crippen LogP contribution in [0.4, 0.5) is 21.9 Å². The van der Waals surface area contributed by atoms with Gasteiger partial charge in [-0.05, 0) is 42.5 Å². The Morgan fingerprint density at radius 3 is 2.03 bits per heavy atom. The summed E-state index contributed by atoms with van der Waals surface area (Å²) in [6.07, 6.45) is -0.215. The number of urea groups is 1. The summed E-state index contributed by atoms with van der Waals surface area (Å²) in [5.74, 6) is -0.898. The molecule has 0 fully saturated rings. The maximum atomic E-state index is 13.0. The van der Waals surface area contributed by atoms with Crippen molar-refractivity contribution in [1.29, 1.82) is 0 Å². The first-order chi connectivity index (χ1) is 15.9. The minimum absolute atomic E-state index is 0.0906. The second-order valence-corrected chi connectivity index (χ2v) is 8.95. The summed E-state index contributed by atoms with van der Waals surface area (Å²) in [6.45, 7) is 0. The Labute approximate surface area is 204 Å². The van der Waals surface area contributed by atoms with E-state index in [0.29, 0.717) is 27.1 Å². The average molecular weight is 501 g/mol. The summed E-state index contributed by atoms with van der Waals surface area (Å²) in [4.78, 5) is 40.7. The van der Waals surface area contributed by atoms with Crippen LogP contribution in [0.15, 0.2) is 76.5 Å². The average Bonchev–Trinajstić information content (AvgIpc) is 2.81. The third-order valence-corrected chi connectivity index (χ3v) is 6.41. The van der Waals surface area contributed by atoms with Crippen LogP contribution >= 0.6 is 35.0 Å². The van der Waals surface area contributed by atoms with E-state index in [1.165, 1.54) is 11.0 Å². The van der Waals surface area contributed by atoms with Crippen LogP contribution in [0.3, 0.4) is 0 Å². The highest BCUT2D eigenvalue weighted by Gasteiger charge is 2.28. The van der Waals surface area contributed by atoms with Crippen molar-refractivity contribution in [2.75, 3.05) is 10.2 Å². The van der Waals surface area contributed by atoms with Crippen molar-refractivity contribution in [3.8, 4) is 0 Å². The molecule has 1 aliphatic heterocycles. The third-order valence-electron chi connectivity index (χ3n) is 4.73. The number of carbonyl (C=O) groups excluding carboxylic acids is 3. The Morgan fingerprint density at radius 1 is 0.788 bits per heavy atom. The van der Waals surface area contributed by atoms with Crippen LogP contribution < -0.4 is 21.1 Å². The number of nitrogens with one attached hydrogen (secondary N) is 3. The highest BCUT2D eigenvalue weighted by molar-refractivity contribution is 7.99. The van der Waals surface area contributed by atoms with Crippen LogP contribution in [-0.2, 0) is 9.59 Å². The molecule has 7 nitrogen and oxygen atoms in total. The van der Waals surface area contributed by atoms with Gasteiger partial charge in [0.1, 0.15) is 0 Å². The van der Waals surface area contributed by atoms with Crippen LogP contribution in [0, 0.1) is 0 Å². The quantitative estimate of drug-likeness (QED) is 0.397. The number of hydrazine groups is 1. The number of benzene rings is 3. The molecular formula is C23H18Cl2N4O3S.